The van der Waals surface area contributed by atoms with E-state index in [1.54, 1.807) is 6.07 Å². The molecule has 2 nitrogen and oxygen atoms in total. The molecule has 0 amide bonds. The van der Waals surface area contributed by atoms with Gasteiger partial charge in [0.25, 0.3) is 5.76 Å². The summed E-state index contributed by atoms with van der Waals surface area (Å²) < 4.78 is 30.8. The van der Waals surface area contributed by atoms with Crippen LogP contribution >= 0.6 is 27.7 Å². The molecule has 0 aliphatic rings. The molecule has 0 aliphatic heterocycles. The number of halogens is 3. The van der Waals surface area contributed by atoms with Gasteiger partial charge in [0.1, 0.15) is 11.5 Å². The minimum absolute atomic E-state index is 0.182. The summed E-state index contributed by atoms with van der Waals surface area (Å²) in [4.78, 5) is 0. The van der Waals surface area contributed by atoms with Crippen LogP contribution in [0.4, 0.5) is 8.78 Å². The molecule has 1 N–H and O–H groups in total. The third kappa shape index (κ3) is 5.45. The number of hydrogen-bond donors (Lipinski definition) is 1. The summed E-state index contributed by atoms with van der Waals surface area (Å²) in [6, 6.07) is 11.9. The quantitative estimate of drug-likeness (QED) is 0.705. The zero-order valence-electron chi connectivity index (χ0n) is 11.5. The Morgan fingerprint density at radius 2 is 1.81 bits per heavy atom. The van der Waals surface area contributed by atoms with Gasteiger partial charge in [-0.05, 0) is 36.8 Å². The first-order valence-corrected chi connectivity index (χ1v) is 8.35. The van der Waals surface area contributed by atoms with Gasteiger partial charge in [-0.3, -0.25) is 0 Å². The van der Waals surface area contributed by atoms with Crippen LogP contribution in [0.2, 0.25) is 0 Å². The first kappa shape index (κ1) is 16.5. The first-order valence-electron chi connectivity index (χ1n) is 6.51. The third-order valence-electron chi connectivity index (χ3n) is 3.02. The maximum atomic E-state index is 12.1. The normalized spacial score (nSPS) is 12.8. The van der Waals surface area contributed by atoms with Crippen LogP contribution in [0.25, 0.3) is 0 Å². The fourth-order valence-corrected chi connectivity index (χ4v) is 2.57. The van der Waals surface area contributed by atoms with Gasteiger partial charge in [0.05, 0.1) is 12.3 Å². The van der Waals surface area contributed by atoms with E-state index in [9.17, 15) is 8.78 Å². The Hall–Kier alpha value is -0.850. The second-order valence-corrected chi connectivity index (χ2v) is 6.49. The van der Waals surface area contributed by atoms with Crippen LogP contribution in [0.3, 0.4) is 0 Å². The fourth-order valence-electron chi connectivity index (χ4n) is 1.86. The van der Waals surface area contributed by atoms with E-state index < -0.39 is 5.76 Å². The van der Waals surface area contributed by atoms with Crippen LogP contribution in [-0.2, 0) is 12.3 Å². The summed E-state index contributed by atoms with van der Waals surface area (Å²) in [6.45, 7) is 2.64. The van der Waals surface area contributed by atoms with Crippen LogP contribution < -0.4 is 5.32 Å². The number of rotatable bonds is 7. The Morgan fingerprint density at radius 3 is 2.48 bits per heavy atom. The van der Waals surface area contributed by atoms with Crippen LogP contribution in [0.15, 0.2) is 45.3 Å². The van der Waals surface area contributed by atoms with E-state index >= 15 is 0 Å². The molecule has 114 valence electrons. The molecule has 6 heteroatoms. The second kappa shape index (κ2) is 7.96. The van der Waals surface area contributed by atoms with Gasteiger partial charge in [0.15, 0.2) is 0 Å². The monoisotopic (exact) mass is 375 g/mol. The fraction of sp³-hybridized carbons (Fsp3) is 0.333. The average Bonchev–Trinajstić information content (AvgIpc) is 2.91. The molecule has 1 aromatic heterocycles. The molecule has 21 heavy (non-hydrogen) atoms. The van der Waals surface area contributed by atoms with Crippen molar-refractivity contribution in [3.63, 3.8) is 0 Å². The Bertz CT molecular complexity index is 559. The molecule has 0 aliphatic carbocycles. The predicted octanol–water partition coefficient (Wildman–Crippen LogP) is 5.35. The zero-order valence-corrected chi connectivity index (χ0v) is 13.9. The Labute approximate surface area is 135 Å². The topological polar surface area (TPSA) is 25.2 Å². The number of thioether (sulfide) groups is 1. The van der Waals surface area contributed by atoms with Gasteiger partial charge in [0, 0.05) is 10.5 Å². The summed E-state index contributed by atoms with van der Waals surface area (Å²) in [6.07, 6.45) is 0. The van der Waals surface area contributed by atoms with Crippen molar-refractivity contribution in [3.05, 3.63) is 58.0 Å². The maximum Gasteiger partial charge on any atom is 0.284 e. The van der Waals surface area contributed by atoms with Crippen molar-refractivity contribution in [1.82, 2.24) is 5.32 Å². The maximum absolute atomic E-state index is 12.1. The van der Waals surface area contributed by atoms with Crippen molar-refractivity contribution in [2.75, 3.05) is 0 Å². The molecule has 0 bridgehead atoms. The van der Waals surface area contributed by atoms with Gasteiger partial charge in [-0.15, -0.1) is 0 Å². The van der Waals surface area contributed by atoms with Crippen molar-refractivity contribution in [2.24, 2.45) is 0 Å². The van der Waals surface area contributed by atoms with E-state index in [2.05, 4.69) is 40.3 Å². The van der Waals surface area contributed by atoms with E-state index in [0.29, 0.717) is 24.1 Å². The van der Waals surface area contributed by atoms with E-state index in [0.717, 1.165) is 10.2 Å². The molecule has 0 fully saturated rings. The molecule has 0 unspecified atom stereocenters. The van der Waals surface area contributed by atoms with Gasteiger partial charge in [-0.1, -0.05) is 39.8 Å². The molecule has 2 rings (SSSR count). The molecule has 1 atom stereocenters. The summed E-state index contributed by atoms with van der Waals surface area (Å²) in [5.41, 5.74) is 1.18. The van der Waals surface area contributed by atoms with Gasteiger partial charge in [-0.2, -0.15) is 8.78 Å². The lowest BCUT2D eigenvalue weighted by Gasteiger charge is -2.13. The summed E-state index contributed by atoms with van der Waals surface area (Å²) in [7, 11) is 0. The van der Waals surface area contributed by atoms with Gasteiger partial charge >= 0.3 is 0 Å². The molecule has 1 heterocycles. The lowest BCUT2D eigenvalue weighted by molar-refractivity contribution is 0.251. The van der Waals surface area contributed by atoms with Crippen LogP contribution in [0.5, 0.6) is 0 Å². The highest BCUT2D eigenvalue weighted by molar-refractivity contribution is 9.10. The molecule has 2 aromatic rings. The smallest absolute Gasteiger partial charge is 0.284 e. The summed E-state index contributed by atoms with van der Waals surface area (Å²) in [5, 5.41) is 3.35. The first-order chi connectivity index (χ1) is 10.0. The second-order valence-electron chi connectivity index (χ2n) is 4.59. The van der Waals surface area contributed by atoms with Crippen molar-refractivity contribution in [3.8, 4) is 0 Å². The minimum Gasteiger partial charge on any atom is -0.464 e. The standard InChI is InChI=1S/C15H16BrF2NOS/c1-10(11-2-4-12(16)5-3-11)19-8-13-6-7-14(20-13)9-21-15(17)18/h2-7,10,15,19H,8-9H2,1H3/t10-/m0/s1. The van der Waals surface area contributed by atoms with Crippen molar-refractivity contribution < 1.29 is 13.2 Å². The number of hydrogen-bond acceptors (Lipinski definition) is 3. The van der Waals surface area contributed by atoms with E-state index in [1.807, 2.05) is 18.2 Å². The minimum atomic E-state index is -2.37. The predicted molar refractivity (Wildman–Crippen MR) is 85.4 cm³/mol. The van der Waals surface area contributed by atoms with Crippen LogP contribution in [-0.4, -0.2) is 5.76 Å². The summed E-state index contributed by atoms with van der Waals surface area (Å²) >= 11 is 3.98. The van der Waals surface area contributed by atoms with Gasteiger partial charge in [0.2, 0.25) is 0 Å². The Kier molecular flexibility index (Phi) is 6.26. The molecule has 0 spiro atoms. The van der Waals surface area contributed by atoms with Crippen LogP contribution in [0.1, 0.15) is 30.0 Å². The highest BCUT2D eigenvalue weighted by Gasteiger charge is 2.09. The average molecular weight is 376 g/mol. The molecular weight excluding hydrogens is 360 g/mol. The van der Waals surface area contributed by atoms with Gasteiger partial charge < -0.3 is 9.73 Å². The highest BCUT2D eigenvalue weighted by atomic mass is 79.9. The lowest BCUT2D eigenvalue weighted by Crippen LogP contribution is -2.17. The zero-order chi connectivity index (χ0) is 15.2. The molecular formula is C15H16BrF2NOS. The van der Waals surface area contributed by atoms with Crippen LogP contribution in [0, 0.1) is 0 Å². The third-order valence-corrected chi connectivity index (χ3v) is 4.25. The SMILES string of the molecule is C[C@H](NCc1ccc(CSC(F)F)o1)c1ccc(Br)cc1. The number of nitrogens with one attached hydrogen (secondary N) is 1. The van der Waals surface area contributed by atoms with E-state index in [-0.39, 0.29) is 11.8 Å². The number of furan rings is 1. The van der Waals surface area contributed by atoms with Crippen molar-refractivity contribution >= 4 is 27.7 Å². The Morgan fingerprint density at radius 1 is 1.14 bits per heavy atom. The highest BCUT2D eigenvalue weighted by Crippen LogP contribution is 2.22. The van der Waals surface area contributed by atoms with E-state index in [4.69, 9.17) is 4.42 Å². The molecule has 1 aromatic carbocycles. The summed E-state index contributed by atoms with van der Waals surface area (Å²) in [5.74, 6) is -0.841. The molecule has 0 radical (unpaired) electrons. The molecule has 0 saturated carbocycles. The lowest BCUT2D eigenvalue weighted by atomic mass is 10.1. The van der Waals surface area contributed by atoms with Gasteiger partial charge in [-0.25, -0.2) is 0 Å². The number of alkyl halides is 2. The van der Waals surface area contributed by atoms with Crippen molar-refractivity contribution in [2.45, 2.75) is 31.0 Å². The largest absolute Gasteiger partial charge is 0.464 e. The van der Waals surface area contributed by atoms with Crippen molar-refractivity contribution in [1.29, 1.82) is 0 Å². The van der Waals surface area contributed by atoms with E-state index in [1.165, 1.54) is 5.56 Å². The molecule has 0 saturated heterocycles. The number of benzene rings is 1. The Balaban J connectivity index is 1.83.